The number of nitrogens with two attached hydrogens (primary N) is 1. The number of benzene rings is 1. The number of likely N-dealkylation sites (tertiary alicyclic amines) is 1. The van der Waals surface area contributed by atoms with E-state index in [4.69, 9.17) is 26.8 Å². The summed E-state index contributed by atoms with van der Waals surface area (Å²) in [5, 5.41) is 3.19. The van der Waals surface area contributed by atoms with Crippen molar-refractivity contribution in [1.82, 2.24) is 15.1 Å². The molecule has 0 aromatic heterocycles. The summed E-state index contributed by atoms with van der Waals surface area (Å²) in [6, 6.07) is 2.76. The zero-order valence-electron chi connectivity index (χ0n) is 15.4. The molecule has 2 aliphatic heterocycles. The van der Waals surface area contributed by atoms with E-state index in [-0.39, 0.29) is 22.9 Å². The first-order chi connectivity index (χ1) is 13.0. The summed E-state index contributed by atoms with van der Waals surface area (Å²) in [6.07, 6.45) is 0.292. The van der Waals surface area contributed by atoms with Crippen molar-refractivity contribution in [3.8, 4) is 5.75 Å². The van der Waals surface area contributed by atoms with E-state index in [1.807, 2.05) is 0 Å². The van der Waals surface area contributed by atoms with Crippen LogP contribution in [-0.4, -0.2) is 80.7 Å². The van der Waals surface area contributed by atoms with Gasteiger partial charge in [0.2, 0.25) is 5.91 Å². The summed E-state index contributed by atoms with van der Waals surface area (Å²) >= 11 is 6.03. The Hall–Kier alpha value is -2.03. The van der Waals surface area contributed by atoms with Crippen LogP contribution in [0.15, 0.2) is 12.1 Å². The number of amides is 2. The summed E-state index contributed by atoms with van der Waals surface area (Å²) in [7, 11) is 1.46. The predicted octanol–water partition coefficient (Wildman–Crippen LogP) is 0.594. The van der Waals surface area contributed by atoms with Gasteiger partial charge in [0.15, 0.2) is 0 Å². The lowest BCUT2D eigenvalue weighted by Crippen LogP contribution is -2.42. The van der Waals surface area contributed by atoms with Crippen LogP contribution >= 0.6 is 11.6 Å². The molecular formula is C18H25ClN4O4. The van der Waals surface area contributed by atoms with Crippen molar-refractivity contribution in [3.63, 3.8) is 0 Å². The maximum absolute atomic E-state index is 12.6. The summed E-state index contributed by atoms with van der Waals surface area (Å²) in [5.41, 5.74) is 6.40. The molecule has 1 unspecified atom stereocenters. The summed E-state index contributed by atoms with van der Waals surface area (Å²) in [5.74, 6) is 0.0698. The van der Waals surface area contributed by atoms with Crippen LogP contribution in [0.5, 0.6) is 5.75 Å². The predicted molar refractivity (Wildman–Crippen MR) is 102 cm³/mol. The van der Waals surface area contributed by atoms with Gasteiger partial charge in [0.1, 0.15) is 5.75 Å². The molecule has 3 rings (SSSR count). The van der Waals surface area contributed by atoms with Gasteiger partial charge in [-0.2, -0.15) is 0 Å². The Balaban J connectivity index is 1.56. The minimum absolute atomic E-state index is 0.0517. The molecule has 1 atom stereocenters. The molecule has 1 aromatic carbocycles. The van der Waals surface area contributed by atoms with Crippen molar-refractivity contribution in [1.29, 1.82) is 0 Å². The lowest BCUT2D eigenvalue weighted by atomic mass is 10.1. The first-order valence-corrected chi connectivity index (χ1v) is 9.37. The molecule has 2 aliphatic rings. The number of nitrogens with zero attached hydrogens (tertiary/aromatic N) is 2. The fourth-order valence-corrected chi connectivity index (χ4v) is 3.51. The first-order valence-electron chi connectivity index (χ1n) is 8.99. The van der Waals surface area contributed by atoms with Crippen molar-refractivity contribution in [3.05, 3.63) is 22.7 Å². The van der Waals surface area contributed by atoms with E-state index in [2.05, 4.69) is 10.2 Å². The van der Waals surface area contributed by atoms with Crippen molar-refractivity contribution in [2.24, 2.45) is 0 Å². The Morgan fingerprint density at radius 2 is 2.11 bits per heavy atom. The highest BCUT2D eigenvalue weighted by atomic mass is 35.5. The molecule has 1 aromatic rings. The number of carbonyl (C=O) groups excluding carboxylic acids is 2. The number of methoxy groups -OCH3 is 1. The van der Waals surface area contributed by atoms with Crippen LogP contribution in [0.2, 0.25) is 5.02 Å². The van der Waals surface area contributed by atoms with Gasteiger partial charge in [0, 0.05) is 45.2 Å². The van der Waals surface area contributed by atoms with Crippen molar-refractivity contribution in [2.45, 2.75) is 12.5 Å². The fourth-order valence-electron chi connectivity index (χ4n) is 3.35. The number of morpholine rings is 1. The fraction of sp³-hybridized carbons (Fsp3) is 0.556. The number of nitrogen functional groups attached to an aromatic ring is 1. The van der Waals surface area contributed by atoms with Gasteiger partial charge in [-0.3, -0.25) is 14.5 Å². The van der Waals surface area contributed by atoms with E-state index < -0.39 is 0 Å². The summed E-state index contributed by atoms with van der Waals surface area (Å²) in [6.45, 7) is 5.22. The molecule has 3 N–H and O–H groups in total. The highest BCUT2D eigenvalue weighted by molar-refractivity contribution is 6.33. The molecule has 8 nitrogen and oxygen atoms in total. The van der Waals surface area contributed by atoms with E-state index in [0.29, 0.717) is 36.5 Å². The summed E-state index contributed by atoms with van der Waals surface area (Å²) < 4.78 is 10.6. The monoisotopic (exact) mass is 396 g/mol. The third kappa shape index (κ3) is 4.82. The Labute approximate surface area is 163 Å². The van der Waals surface area contributed by atoms with Crippen LogP contribution in [0.4, 0.5) is 5.69 Å². The maximum atomic E-state index is 12.6. The quantitative estimate of drug-likeness (QED) is 0.683. The van der Waals surface area contributed by atoms with E-state index in [9.17, 15) is 9.59 Å². The minimum Gasteiger partial charge on any atom is -0.496 e. The molecule has 9 heteroatoms. The zero-order valence-corrected chi connectivity index (χ0v) is 16.1. The molecule has 2 fully saturated rings. The largest absolute Gasteiger partial charge is 0.496 e. The van der Waals surface area contributed by atoms with Crippen molar-refractivity contribution >= 4 is 29.1 Å². The Kier molecular flexibility index (Phi) is 6.41. The SMILES string of the molecule is COc1cc(N)c(Cl)cc1C(=O)NC1CC(=O)N(CCN2CCOCC2)C1. The smallest absolute Gasteiger partial charge is 0.255 e. The second-order valence-electron chi connectivity index (χ2n) is 6.74. The number of hydrogen-bond acceptors (Lipinski definition) is 6. The maximum Gasteiger partial charge on any atom is 0.255 e. The van der Waals surface area contributed by atoms with Crippen LogP contribution in [0.1, 0.15) is 16.8 Å². The standard InChI is InChI=1S/C18H25ClN4O4/c1-26-16-10-15(20)14(19)9-13(16)18(25)21-12-8-17(24)23(11-12)3-2-22-4-6-27-7-5-22/h9-10,12H,2-8,11,20H2,1H3,(H,21,25). The molecule has 27 heavy (non-hydrogen) atoms. The van der Waals surface area contributed by atoms with Gasteiger partial charge in [0.25, 0.3) is 5.91 Å². The zero-order chi connectivity index (χ0) is 19.4. The number of carbonyl (C=O) groups is 2. The van der Waals surface area contributed by atoms with Gasteiger partial charge >= 0.3 is 0 Å². The van der Waals surface area contributed by atoms with Gasteiger partial charge in [-0.05, 0) is 6.07 Å². The minimum atomic E-state index is -0.332. The normalized spacial score (nSPS) is 20.7. The number of nitrogens with one attached hydrogen (secondary N) is 1. The molecule has 148 valence electrons. The third-order valence-electron chi connectivity index (χ3n) is 4.90. The second-order valence-corrected chi connectivity index (χ2v) is 7.15. The van der Waals surface area contributed by atoms with Crippen molar-refractivity contribution < 1.29 is 19.1 Å². The summed E-state index contributed by atoms with van der Waals surface area (Å²) in [4.78, 5) is 29.0. The number of rotatable bonds is 6. The van der Waals surface area contributed by atoms with Gasteiger partial charge in [-0.15, -0.1) is 0 Å². The van der Waals surface area contributed by atoms with Gasteiger partial charge in [-0.25, -0.2) is 0 Å². The van der Waals surface area contributed by atoms with Gasteiger partial charge in [0.05, 0.1) is 42.6 Å². The molecule has 0 bridgehead atoms. The lowest BCUT2D eigenvalue weighted by molar-refractivity contribution is -0.128. The number of ether oxygens (including phenoxy) is 2. The van der Waals surface area contributed by atoms with Crippen LogP contribution in [0.25, 0.3) is 0 Å². The highest BCUT2D eigenvalue weighted by Gasteiger charge is 2.31. The molecule has 0 saturated carbocycles. The highest BCUT2D eigenvalue weighted by Crippen LogP contribution is 2.29. The molecule has 2 heterocycles. The van der Waals surface area contributed by atoms with Gasteiger partial charge in [-0.1, -0.05) is 11.6 Å². The number of hydrogen-bond donors (Lipinski definition) is 2. The van der Waals surface area contributed by atoms with E-state index in [1.165, 1.54) is 19.2 Å². The lowest BCUT2D eigenvalue weighted by Gasteiger charge is -2.28. The number of anilines is 1. The Bertz CT molecular complexity index is 709. The van der Waals surface area contributed by atoms with E-state index in [0.717, 1.165) is 32.8 Å². The van der Waals surface area contributed by atoms with Crippen molar-refractivity contribution in [2.75, 3.05) is 58.8 Å². The number of halogens is 1. The molecule has 0 spiro atoms. The van der Waals surface area contributed by atoms with Crippen LogP contribution in [0, 0.1) is 0 Å². The Morgan fingerprint density at radius 1 is 1.37 bits per heavy atom. The second kappa shape index (κ2) is 8.77. The molecular weight excluding hydrogens is 372 g/mol. The van der Waals surface area contributed by atoms with Crippen LogP contribution in [-0.2, 0) is 9.53 Å². The average Bonchev–Trinajstić information content (AvgIpc) is 3.01. The van der Waals surface area contributed by atoms with Gasteiger partial charge < -0.3 is 25.4 Å². The molecule has 0 aliphatic carbocycles. The van der Waals surface area contributed by atoms with E-state index >= 15 is 0 Å². The topological polar surface area (TPSA) is 97.1 Å². The molecule has 2 saturated heterocycles. The first kappa shape index (κ1) is 19.7. The van der Waals surface area contributed by atoms with Crippen LogP contribution < -0.4 is 15.8 Å². The molecule has 0 radical (unpaired) electrons. The average molecular weight is 397 g/mol. The Morgan fingerprint density at radius 3 is 2.81 bits per heavy atom. The van der Waals surface area contributed by atoms with Crippen LogP contribution in [0.3, 0.4) is 0 Å². The molecule has 2 amide bonds. The third-order valence-corrected chi connectivity index (χ3v) is 5.23. The van der Waals surface area contributed by atoms with E-state index in [1.54, 1.807) is 4.90 Å².